The van der Waals surface area contributed by atoms with E-state index >= 15 is 0 Å². The van der Waals surface area contributed by atoms with Crippen LogP contribution in [-0.2, 0) is 4.43 Å². The maximum atomic E-state index is 4.87. The molecule has 0 aliphatic heterocycles. The van der Waals surface area contributed by atoms with E-state index in [1.165, 1.54) is 6.04 Å². The molecule has 0 N–H and O–H groups in total. The smallest absolute Gasteiger partial charge is 0.161 e. The summed E-state index contributed by atoms with van der Waals surface area (Å²) in [4.78, 5) is 0. The highest BCUT2D eigenvalue weighted by atomic mass is 32.1. The van der Waals surface area contributed by atoms with Gasteiger partial charge in [0.15, 0.2) is 9.76 Å². The second-order valence-electron chi connectivity index (χ2n) is 1.07. The first-order chi connectivity index (χ1) is 2.91. The van der Waals surface area contributed by atoms with Gasteiger partial charge in [-0.15, -0.1) is 0 Å². The summed E-state index contributed by atoms with van der Waals surface area (Å²) in [6, 6.07) is 1.19. The number of hydrogen-bond donors (Lipinski definition) is 1. The summed E-state index contributed by atoms with van der Waals surface area (Å²) < 4.78 is 4.87. The predicted octanol–water partition coefficient (Wildman–Crippen LogP) is 0.0647. The van der Waals surface area contributed by atoms with Gasteiger partial charge in [-0.05, 0) is 11.8 Å². The molecule has 0 heterocycles. The van der Waals surface area contributed by atoms with E-state index in [2.05, 4.69) is 12.6 Å². The van der Waals surface area contributed by atoms with E-state index in [-0.39, 0.29) is 9.76 Å². The van der Waals surface area contributed by atoms with Crippen molar-refractivity contribution >= 4 is 22.4 Å². The molecule has 0 bridgehead atoms. The lowest BCUT2D eigenvalue weighted by atomic mass is 11.0. The molecular formula is C3H10OSSi. The van der Waals surface area contributed by atoms with Crippen LogP contribution in [0.15, 0.2) is 0 Å². The molecule has 0 rings (SSSR count). The van der Waals surface area contributed by atoms with Crippen molar-refractivity contribution < 1.29 is 4.43 Å². The highest BCUT2D eigenvalue weighted by molar-refractivity contribution is 7.80. The summed E-state index contributed by atoms with van der Waals surface area (Å²) >= 11 is 4.01. The summed E-state index contributed by atoms with van der Waals surface area (Å²) in [6.07, 6.45) is 0. The lowest BCUT2D eigenvalue weighted by Crippen LogP contribution is -1.91. The monoisotopic (exact) mass is 122 g/mol. The molecule has 0 aromatic rings. The predicted molar refractivity (Wildman–Crippen MR) is 34.2 cm³/mol. The summed E-state index contributed by atoms with van der Waals surface area (Å²) in [7, 11) is 1.60. The Balaban J connectivity index is 2.34. The van der Waals surface area contributed by atoms with E-state index in [9.17, 15) is 0 Å². The maximum Gasteiger partial charge on any atom is 0.161 e. The molecule has 0 atom stereocenters. The van der Waals surface area contributed by atoms with E-state index in [1.807, 2.05) is 0 Å². The Morgan fingerprint density at radius 3 is 2.67 bits per heavy atom. The van der Waals surface area contributed by atoms with Gasteiger partial charge in [-0.3, -0.25) is 0 Å². The Labute approximate surface area is 46.4 Å². The summed E-state index contributed by atoms with van der Waals surface area (Å²) in [5, 5.41) is 0. The molecule has 0 amide bonds. The van der Waals surface area contributed by atoms with Crippen LogP contribution >= 0.6 is 12.6 Å². The van der Waals surface area contributed by atoms with E-state index in [0.717, 1.165) is 5.75 Å². The van der Waals surface area contributed by atoms with Gasteiger partial charge in [-0.2, -0.15) is 12.6 Å². The number of hydrogen-bond acceptors (Lipinski definition) is 2. The van der Waals surface area contributed by atoms with Crippen LogP contribution in [0.2, 0.25) is 6.04 Å². The van der Waals surface area contributed by atoms with E-state index < -0.39 is 0 Å². The van der Waals surface area contributed by atoms with Crippen molar-refractivity contribution in [3.05, 3.63) is 0 Å². The van der Waals surface area contributed by atoms with E-state index in [1.54, 1.807) is 7.11 Å². The lowest BCUT2D eigenvalue weighted by Gasteiger charge is -1.87. The first-order valence-electron chi connectivity index (χ1n) is 2.01. The maximum absolute atomic E-state index is 4.87. The Morgan fingerprint density at radius 1 is 1.83 bits per heavy atom. The van der Waals surface area contributed by atoms with E-state index in [0.29, 0.717) is 0 Å². The molecule has 0 unspecified atom stereocenters. The van der Waals surface area contributed by atoms with Crippen LogP contribution in [0.4, 0.5) is 0 Å². The zero-order chi connectivity index (χ0) is 4.83. The second-order valence-corrected chi connectivity index (χ2v) is 3.21. The normalized spacial score (nSPS) is 11.0. The Kier molecular flexibility index (Phi) is 6.01. The minimum absolute atomic E-state index is 0.155. The average molecular weight is 122 g/mol. The van der Waals surface area contributed by atoms with Crippen molar-refractivity contribution in [2.75, 3.05) is 12.9 Å². The zero-order valence-electron chi connectivity index (χ0n) is 3.98. The summed E-state index contributed by atoms with van der Waals surface area (Å²) in [5.41, 5.74) is 0. The molecule has 1 nitrogen and oxygen atoms in total. The van der Waals surface area contributed by atoms with Crippen molar-refractivity contribution in [2.24, 2.45) is 0 Å². The van der Waals surface area contributed by atoms with Crippen LogP contribution in [0.3, 0.4) is 0 Å². The Hall–Kier alpha value is 0.527. The van der Waals surface area contributed by atoms with Gasteiger partial charge in [0.2, 0.25) is 0 Å². The molecule has 0 aliphatic rings. The molecule has 0 radical (unpaired) electrons. The topological polar surface area (TPSA) is 9.23 Å². The van der Waals surface area contributed by atoms with Crippen molar-refractivity contribution in [2.45, 2.75) is 6.04 Å². The van der Waals surface area contributed by atoms with Gasteiger partial charge in [0.25, 0.3) is 0 Å². The SMILES string of the molecule is CO[SiH2]CCS. The van der Waals surface area contributed by atoms with Gasteiger partial charge in [0.05, 0.1) is 0 Å². The zero-order valence-corrected chi connectivity index (χ0v) is 6.29. The van der Waals surface area contributed by atoms with Gasteiger partial charge < -0.3 is 4.43 Å². The molecule has 3 heteroatoms. The van der Waals surface area contributed by atoms with Crippen molar-refractivity contribution in [3.8, 4) is 0 Å². The van der Waals surface area contributed by atoms with Gasteiger partial charge in [-0.25, -0.2) is 0 Å². The second kappa shape index (κ2) is 5.53. The number of rotatable bonds is 3. The van der Waals surface area contributed by atoms with Crippen LogP contribution in [0.5, 0.6) is 0 Å². The summed E-state index contributed by atoms with van der Waals surface area (Å²) in [5.74, 6) is 0.986. The van der Waals surface area contributed by atoms with Crippen molar-refractivity contribution in [1.82, 2.24) is 0 Å². The minimum Gasteiger partial charge on any atom is -0.427 e. The molecular weight excluding hydrogens is 112 g/mol. The van der Waals surface area contributed by atoms with Crippen LogP contribution in [-0.4, -0.2) is 22.6 Å². The van der Waals surface area contributed by atoms with Crippen molar-refractivity contribution in [1.29, 1.82) is 0 Å². The quantitative estimate of drug-likeness (QED) is 0.316. The third-order valence-corrected chi connectivity index (χ3v) is 2.47. The van der Waals surface area contributed by atoms with Crippen LogP contribution < -0.4 is 0 Å². The molecule has 0 spiro atoms. The third kappa shape index (κ3) is 4.53. The van der Waals surface area contributed by atoms with Crippen LogP contribution in [0, 0.1) is 0 Å². The molecule has 38 valence electrons. The third-order valence-electron chi connectivity index (χ3n) is 0.507. The lowest BCUT2D eigenvalue weighted by molar-refractivity contribution is 0.442. The molecule has 0 aliphatic carbocycles. The number of thiol groups is 1. The fourth-order valence-electron chi connectivity index (χ4n) is 0.209. The Morgan fingerprint density at radius 2 is 2.50 bits per heavy atom. The van der Waals surface area contributed by atoms with Gasteiger partial charge in [-0.1, -0.05) is 0 Å². The molecule has 0 aromatic carbocycles. The van der Waals surface area contributed by atoms with Gasteiger partial charge in [0.1, 0.15) is 0 Å². The first-order valence-corrected chi connectivity index (χ1v) is 4.22. The van der Waals surface area contributed by atoms with Crippen LogP contribution in [0.25, 0.3) is 0 Å². The molecule has 0 saturated carbocycles. The summed E-state index contributed by atoms with van der Waals surface area (Å²) in [6.45, 7) is 0. The average Bonchev–Trinajstić information content (AvgIpc) is 1.61. The first kappa shape index (κ1) is 6.53. The van der Waals surface area contributed by atoms with Gasteiger partial charge >= 0.3 is 0 Å². The Bertz CT molecular complexity index is 22.8. The molecule has 0 saturated heterocycles. The van der Waals surface area contributed by atoms with Crippen molar-refractivity contribution in [3.63, 3.8) is 0 Å². The molecule has 0 aromatic heterocycles. The highest BCUT2D eigenvalue weighted by Crippen LogP contribution is 1.80. The standard InChI is InChI=1S/C3H10OSSi/c1-4-6-3-2-5/h5H,2-3,6H2,1H3. The minimum atomic E-state index is -0.155. The fraction of sp³-hybridized carbons (Fsp3) is 1.00. The van der Waals surface area contributed by atoms with E-state index in [4.69, 9.17) is 4.43 Å². The highest BCUT2D eigenvalue weighted by Gasteiger charge is 1.77. The largest absolute Gasteiger partial charge is 0.427 e. The van der Waals surface area contributed by atoms with Crippen LogP contribution in [0.1, 0.15) is 0 Å². The fourth-order valence-corrected chi connectivity index (χ4v) is 1.01. The molecule has 6 heavy (non-hydrogen) atoms. The van der Waals surface area contributed by atoms with Gasteiger partial charge in [0, 0.05) is 7.11 Å². The molecule has 0 fully saturated rings.